The van der Waals surface area contributed by atoms with Crippen LogP contribution < -0.4 is 0 Å². The molecule has 0 spiro atoms. The molecule has 1 aromatic heterocycles. The number of fused-ring (bicyclic) bond motifs is 1. The van der Waals surface area contributed by atoms with Crippen molar-refractivity contribution in [1.82, 2.24) is 9.80 Å². The lowest BCUT2D eigenvalue weighted by Crippen LogP contribution is -2.48. The molecule has 2 heterocycles. The molecule has 0 fully saturated rings. The average Bonchev–Trinajstić information content (AvgIpc) is 3.07. The van der Waals surface area contributed by atoms with Crippen LogP contribution >= 0.6 is 11.3 Å². The predicted molar refractivity (Wildman–Crippen MR) is 101 cm³/mol. The van der Waals surface area contributed by atoms with E-state index in [1.807, 2.05) is 30.2 Å². The first kappa shape index (κ1) is 18.6. The third-order valence-electron chi connectivity index (χ3n) is 4.81. The molecule has 1 aromatic carbocycles. The van der Waals surface area contributed by atoms with E-state index >= 15 is 0 Å². The Hall–Kier alpha value is -2.21. The second kappa shape index (κ2) is 7.58. The molecule has 0 radical (unpaired) electrons. The molecule has 26 heavy (non-hydrogen) atoms. The first-order valence-electron chi connectivity index (χ1n) is 8.77. The summed E-state index contributed by atoms with van der Waals surface area (Å²) in [7, 11) is 0. The zero-order valence-electron chi connectivity index (χ0n) is 15.2. The first-order chi connectivity index (χ1) is 12.4. The lowest BCUT2D eigenvalue weighted by atomic mass is 9.93. The van der Waals surface area contributed by atoms with Crippen molar-refractivity contribution in [3.05, 3.63) is 57.5 Å². The Morgan fingerprint density at radius 1 is 1.27 bits per heavy atom. The smallest absolute Gasteiger partial charge is 0.243 e. The lowest BCUT2D eigenvalue weighted by molar-refractivity contribution is -0.142. The van der Waals surface area contributed by atoms with E-state index in [0.29, 0.717) is 6.54 Å². The van der Waals surface area contributed by atoms with E-state index in [1.165, 1.54) is 23.9 Å². The minimum absolute atomic E-state index is 0.0396. The molecule has 3 rings (SSSR count). The number of hydrogen-bond donors (Lipinski definition) is 0. The Morgan fingerprint density at radius 2 is 1.96 bits per heavy atom. The molecule has 2 amide bonds. The highest BCUT2D eigenvalue weighted by Gasteiger charge is 2.33. The van der Waals surface area contributed by atoms with Crippen LogP contribution in [0.2, 0.25) is 0 Å². The number of amides is 2. The van der Waals surface area contributed by atoms with Crippen molar-refractivity contribution in [2.24, 2.45) is 0 Å². The van der Waals surface area contributed by atoms with Gasteiger partial charge in [0.05, 0.1) is 12.6 Å². The summed E-state index contributed by atoms with van der Waals surface area (Å²) in [6, 6.07) is 8.08. The summed E-state index contributed by atoms with van der Waals surface area (Å²) in [6.07, 6.45) is 0.804. The zero-order valence-corrected chi connectivity index (χ0v) is 16.1. The molecule has 0 bridgehead atoms. The fraction of sp³-hybridized carbons (Fsp3) is 0.400. The van der Waals surface area contributed by atoms with Crippen molar-refractivity contribution in [2.75, 3.05) is 13.1 Å². The van der Waals surface area contributed by atoms with E-state index in [-0.39, 0.29) is 36.3 Å². The lowest BCUT2D eigenvalue weighted by Gasteiger charge is -2.38. The maximum absolute atomic E-state index is 13.4. The Labute approximate surface area is 157 Å². The van der Waals surface area contributed by atoms with Crippen molar-refractivity contribution in [3.8, 4) is 0 Å². The third kappa shape index (κ3) is 3.65. The molecular formula is C20H23FN2O2S. The van der Waals surface area contributed by atoms with Crippen LogP contribution in [0.1, 0.15) is 42.8 Å². The molecular weight excluding hydrogens is 351 g/mol. The van der Waals surface area contributed by atoms with Crippen LogP contribution in [0.3, 0.4) is 0 Å². The van der Waals surface area contributed by atoms with E-state index in [9.17, 15) is 14.0 Å². The molecule has 138 valence electrons. The number of rotatable bonds is 4. The SMILES string of the molecule is CC(=O)N(CC(=O)N1CCc2sccc2C1c1ccc(F)cc1)C(C)C. The van der Waals surface area contributed by atoms with Gasteiger partial charge in [-0.05, 0) is 55.0 Å². The van der Waals surface area contributed by atoms with Gasteiger partial charge < -0.3 is 9.80 Å². The van der Waals surface area contributed by atoms with Gasteiger partial charge in [0, 0.05) is 24.4 Å². The quantitative estimate of drug-likeness (QED) is 0.820. The molecule has 1 aliphatic rings. The van der Waals surface area contributed by atoms with Gasteiger partial charge in [-0.15, -0.1) is 11.3 Å². The van der Waals surface area contributed by atoms with Crippen molar-refractivity contribution < 1.29 is 14.0 Å². The average molecular weight is 374 g/mol. The van der Waals surface area contributed by atoms with Gasteiger partial charge >= 0.3 is 0 Å². The zero-order chi connectivity index (χ0) is 18.8. The largest absolute Gasteiger partial charge is 0.331 e. The minimum atomic E-state index is -0.296. The third-order valence-corrected chi connectivity index (χ3v) is 5.80. The molecule has 0 N–H and O–H groups in total. The Bertz CT molecular complexity index is 800. The summed E-state index contributed by atoms with van der Waals surface area (Å²) in [5.41, 5.74) is 1.98. The molecule has 0 saturated heterocycles. The molecule has 6 heteroatoms. The van der Waals surface area contributed by atoms with E-state index in [2.05, 4.69) is 0 Å². The van der Waals surface area contributed by atoms with Crippen LogP contribution in [-0.4, -0.2) is 40.7 Å². The van der Waals surface area contributed by atoms with Crippen molar-refractivity contribution in [1.29, 1.82) is 0 Å². The number of carbonyl (C=O) groups is 2. The molecule has 1 atom stereocenters. The fourth-order valence-electron chi connectivity index (χ4n) is 3.48. The van der Waals surface area contributed by atoms with Gasteiger partial charge in [-0.3, -0.25) is 9.59 Å². The summed E-state index contributed by atoms with van der Waals surface area (Å²) < 4.78 is 13.4. The Balaban J connectivity index is 1.93. The second-order valence-electron chi connectivity index (χ2n) is 6.83. The highest BCUT2D eigenvalue weighted by atomic mass is 32.1. The van der Waals surface area contributed by atoms with Gasteiger partial charge in [0.25, 0.3) is 0 Å². The minimum Gasteiger partial charge on any atom is -0.331 e. The van der Waals surface area contributed by atoms with Gasteiger partial charge in [0.1, 0.15) is 5.82 Å². The van der Waals surface area contributed by atoms with Crippen LogP contribution in [0.25, 0.3) is 0 Å². The Morgan fingerprint density at radius 3 is 2.58 bits per heavy atom. The van der Waals surface area contributed by atoms with Gasteiger partial charge in [-0.1, -0.05) is 12.1 Å². The van der Waals surface area contributed by atoms with E-state index in [0.717, 1.165) is 17.5 Å². The summed E-state index contributed by atoms with van der Waals surface area (Å²) in [4.78, 5) is 29.6. The highest BCUT2D eigenvalue weighted by Crippen LogP contribution is 2.37. The molecule has 1 unspecified atom stereocenters. The van der Waals surface area contributed by atoms with Crippen LogP contribution in [0.4, 0.5) is 4.39 Å². The summed E-state index contributed by atoms with van der Waals surface area (Å²) in [6.45, 7) is 5.94. The maximum Gasteiger partial charge on any atom is 0.243 e. The van der Waals surface area contributed by atoms with Crippen LogP contribution in [0, 0.1) is 5.82 Å². The molecule has 1 aliphatic heterocycles. The fourth-order valence-corrected chi connectivity index (χ4v) is 4.39. The topological polar surface area (TPSA) is 40.6 Å². The van der Waals surface area contributed by atoms with Crippen LogP contribution in [0.15, 0.2) is 35.7 Å². The number of hydrogen-bond acceptors (Lipinski definition) is 3. The number of nitrogens with zero attached hydrogens (tertiary/aromatic N) is 2. The predicted octanol–water partition coefficient (Wildman–Crippen LogP) is 3.62. The van der Waals surface area contributed by atoms with E-state index in [4.69, 9.17) is 0 Å². The van der Waals surface area contributed by atoms with Crippen molar-refractivity contribution >= 4 is 23.2 Å². The molecule has 0 saturated carbocycles. The summed E-state index contributed by atoms with van der Waals surface area (Å²) in [5, 5.41) is 2.03. The van der Waals surface area contributed by atoms with Crippen LogP contribution in [-0.2, 0) is 16.0 Å². The molecule has 2 aromatic rings. The van der Waals surface area contributed by atoms with E-state index < -0.39 is 0 Å². The molecule has 0 aliphatic carbocycles. The van der Waals surface area contributed by atoms with E-state index in [1.54, 1.807) is 28.4 Å². The number of benzene rings is 1. The van der Waals surface area contributed by atoms with Gasteiger partial charge in [0.2, 0.25) is 11.8 Å². The summed E-state index contributed by atoms with van der Waals surface area (Å²) >= 11 is 1.69. The second-order valence-corrected chi connectivity index (χ2v) is 7.83. The van der Waals surface area contributed by atoms with Crippen LogP contribution in [0.5, 0.6) is 0 Å². The first-order valence-corrected chi connectivity index (χ1v) is 9.65. The highest BCUT2D eigenvalue weighted by molar-refractivity contribution is 7.10. The monoisotopic (exact) mass is 374 g/mol. The van der Waals surface area contributed by atoms with Crippen molar-refractivity contribution in [2.45, 2.75) is 39.3 Å². The number of halogens is 1. The number of carbonyl (C=O) groups excluding carboxylic acids is 2. The number of thiophene rings is 1. The van der Waals surface area contributed by atoms with Gasteiger partial charge in [-0.25, -0.2) is 4.39 Å². The van der Waals surface area contributed by atoms with Gasteiger partial charge in [-0.2, -0.15) is 0 Å². The molecule has 4 nitrogen and oxygen atoms in total. The Kier molecular flexibility index (Phi) is 5.41. The summed E-state index contributed by atoms with van der Waals surface area (Å²) in [5.74, 6) is -0.490. The maximum atomic E-state index is 13.4. The van der Waals surface area contributed by atoms with Crippen molar-refractivity contribution in [3.63, 3.8) is 0 Å². The standard InChI is InChI=1S/C20H23FN2O2S/c1-13(2)23(14(3)24)12-19(25)22-10-8-18-17(9-11-26-18)20(22)15-4-6-16(21)7-5-15/h4-7,9,11,13,20H,8,10,12H2,1-3H3. The normalized spacial score (nSPS) is 16.5. The van der Waals surface area contributed by atoms with Gasteiger partial charge in [0.15, 0.2) is 0 Å².